The number of ketones is 1. The Morgan fingerprint density at radius 1 is 0.958 bits per heavy atom. The Morgan fingerprint density at radius 3 is 2.21 bits per heavy atom. The van der Waals surface area contributed by atoms with Crippen LogP contribution in [0.25, 0.3) is 0 Å². The zero-order chi connectivity index (χ0) is 17.4. The smallest absolute Gasteiger partial charge is 0.177 e. The fraction of sp³-hybridized carbons (Fsp3) is 0.381. The summed E-state index contributed by atoms with van der Waals surface area (Å²) in [6.07, 6.45) is 2.13. The van der Waals surface area contributed by atoms with Crippen LogP contribution in [-0.2, 0) is 0 Å². The van der Waals surface area contributed by atoms with E-state index in [1.165, 1.54) is 0 Å². The van der Waals surface area contributed by atoms with E-state index in [2.05, 4.69) is 18.7 Å². The van der Waals surface area contributed by atoms with Crippen molar-refractivity contribution in [2.75, 3.05) is 19.6 Å². The number of benzene rings is 2. The van der Waals surface area contributed by atoms with Crippen LogP contribution in [0, 0.1) is 6.92 Å². The summed E-state index contributed by atoms with van der Waals surface area (Å²) in [7, 11) is 0. The van der Waals surface area contributed by atoms with Crippen LogP contribution in [0.1, 0.15) is 42.6 Å². The fourth-order valence-electron chi connectivity index (χ4n) is 2.83. The van der Waals surface area contributed by atoms with Gasteiger partial charge in [0.1, 0.15) is 11.5 Å². The largest absolute Gasteiger partial charge is 0.457 e. The van der Waals surface area contributed by atoms with E-state index in [0.717, 1.165) is 48.6 Å². The maximum absolute atomic E-state index is 12.6. The minimum Gasteiger partial charge on any atom is -0.457 e. The Bertz CT molecular complexity index is 646. The summed E-state index contributed by atoms with van der Waals surface area (Å²) in [6.45, 7) is 8.68. The number of rotatable bonds is 9. The molecule has 0 saturated heterocycles. The van der Waals surface area contributed by atoms with Gasteiger partial charge in [0.2, 0.25) is 0 Å². The lowest BCUT2D eigenvalue weighted by atomic mass is 10.0. The fourth-order valence-corrected chi connectivity index (χ4v) is 2.83. The Balaban J connectivity index is 2.07. The molecule has 24 heavy (non-hydrogen) atoms. The number of carbonyl (C=O) groups is 1. The third-order valence-corrected chi connectivity index (χ3v) is 3.92. The maximum atomic E-state index is 12.6. The molecule has 2 aromatic rings. The number of hydrogen-bond acceptors (Lipinski definition) is 3. The molecule has 0 spiro atoms. The van der Waals surface area contributed by atoms with Crippen LogP contribution in [0.4, 0.5) is 0 Å². The zero-order valence-electron chi connectivity index (χ0n) is 14.9. The van der Waals surface area contributed by atoms with Crippen molar-refractivity contribution in [3.63, 3.8) is 0 Å². The number of ether oxygens (including phenoxy) is 1. The van der Waals surface area contributed by atoms with E-state index in [0.29, 0.717) is 6.54 Å². The molecule has 3 heteroatoms. The van der Waals surface area contributed by atoms with Crippen molar-refractivity contribution in [1.82, 2.24) is 4.90 Å². The molecule has 0 aliphatic carbocycles. The molecule has 0 atom stereocenters. The summed E-state index contributed by atoms with van der Waals surface area (Å²) in [5.41, 5.74) is 1.74. The van der Waals surface area contributed by atoms with E-state index in [1.54, 1.807) is 0 Å². The van der Waals surface area contributed by atoms with Crippen molar-refractivity contribution in [3.8, 4) is 11.5 Å². The Hall–Kier alpha value is -2.13. The lowest BCUT2D eigenvalue weighted by Crippen LogP contribution is -2.31. The van der Waals surface area contributed by atoms with Crippen LogP contribution < -0.4 is 4.74 Å². The average molecular weight is 325 g/mol. The molecule has 0 N–H and O–H groups in total. The topological polar surface area (TPSA) is 29.5 Å². The van der Waals surface area contributed by atoms with Gasteiger partial charge in [-0.1, -0.05) is 32.0 Å². The Labute approximate surface area is 145 Å². The predicted molar refractivity (Wildman–Crippen MR) is 99.0 cm³/mol. The van der Waals surface area contributed by atoms with Crippen molar-refractivity contribution in [1.29, 1.82) is 0 Å². The second-order valence-corrected chi connectivity index (χ2v) is 6.09. The first-order chi connectivity index (χ1) is 11.6. The molecule has 3 nitrogen and oxygen atoms in total. The SMILES string of the molecule is CCCN(CCC)CC(=O)c1ccc(Oc2ccccc2)cc1C. The van der Waals surface area contributed by atoms with Gasteiger partial charge in [-0.2, -0.15) is 0 Å². The summed E-state index contributed by atoms with van der Waals surface area (Å²) in [6, 6.07) is 15.4. The van der Waals surface area contributed by atoms with Crippen molar-refractivity contribution >= 4 is 5.78 Å². The number of nitrogens with zero attached hydrogens (tertiary/aromatic N) is 1. The molecular weight excluding hydrogens is 298 g/mol. The van der Waals surface area contributed by atoms with E-state index < -0.39 is 0 Å². The number of para-hydroxylation sites is 1. The number of aryl methyl sites for hydroxylation is 1. The van der Waals surface area contributed by atoms with Crippen LogP contribution in [0.2, 0.25) is 0 Å². The van der Waals surface area contributed by atoms with Gasteiger partial charge in [0.15, 0.2) is 5.78 Å². The normalized spacial score (nSPS) is 10.8. The molecule has 2 aromatic carbocycles. The summed E-state index contributed by atoms with van der Waals surface area (Å²) >= 11 is 0. The van der Waals surface area contributed by atoms with E-state index in [1.807, 2.05) is 55.5 Å². The molecule has 0 aromatic heterocycles. The van der Waals surface area contributed by atoms with Gasteiger partial charge in [-0.25, -0.2) is 0 Å². The van der Waals surface area contributed by atoms with Gasteiger partial charge in [-0.15, -0.1) is 0 Å². The van der Waals surface area contributed by atoms with E-state index in [9.17, 15) is 4.79 Å². The van der Waals surface area contributed by atoms with Crippen LogP contribution in [-0.4, -0.2) is 30.3 Å². The molecule has 0 fully saturated rings. The van der Waals surface area contributed by atoms with Crippen LogP contribution in [0.5, 0.6) is 11.5 Å². The number of hydrogen-bond donors (Lipinski definition) is 0. The highest BCUT2D eigenvalue weighted by atomic mass is 16.5. The van der Waals surface area contributed by atoms with E-state index in [4.69, 9.17) is 4.74 Å². The monoisotopic (exact) mass is 325 g/mol. The highest BCUT2D eigenvalue weighted by molar-refractivity contribution is 5.99. The lowest BCUT2D eigenvalue weighted by molar-refractivity contribution is 0.0930. The van der Waals surface area contributed by atoms with E-state index in [-0.39, 0.29) is 5.78 Å². The van der Waals surface area contributed by atoms with Crippen molar-refractivity contribution in [2.45, 2.75) is 33.6 Å². The van der Waals surface area contributed by atoms with Gasteiger partial charge in [0.25, 0.3) is 0 Å². The molecule has 128 valence electrons. The molecule has 0 radical (unpaired) electrons. The summed E-state index contributed by atoms with van der Waals surface area (Å²) in [4.78, 5) is 14.8. The maximum Gasteiger partial charge on any atom is 0.177 e. The highest BCUT2D eigenvalue weighted by Crippen LogP contribution is 2.24. The van der Waals surface area contributed by atoms with Gasteiger partial charge in [0.05, 0.1) is 6.54 Å². The van der Waals surface area contributed by atoms with Crippen LogP contribution in [0.3, 0.4) is 0 Å². The summed E-state index contributed by atoms with van der Waals surface area (Å²) in [5.74, 6) is 1.74. The summed E-state index contributed by atoms with van der Waals surface area (Å²) < 4.78 is 5.83. The number of carbonyl (C=O) groups excluding carboxylic acids is 1. The second kappa shape index (κ2) is 9.24. The molecule has 0 saturated carbocycles. The molecule has 2 rings (SSSR count). The van der Waals surface area contributed by atoms with Crippen LogP contribution in [0.15, 0.2) is 48.5 Å². The van der Waals surface area contributed by atoms with Crippen molar-refractivity contribution in [3.05, 3.63) is 59.7 Å². The minimum atomic E-state index is 0.181. The van der Waals surface area contributed by atoms with Crippen molar-refractivity contribution in [2.24, 2.45) is 0 Å². The molecule has 0 aliphatic rings. The van der Waals surface area contributed by atoms with Gasteiger partial charge in [-0.3, -0.25) is 9.69 Å². The third kappa shape index (κ3) is 5.20. The number of Topliss-reactive ketones (excluding diaryl/α,β-unsaturated/α-hetero) is 1. The first-order valence-electron chi connectivity index (χ1n) is 8.73. The lowest BCUT2D eigenvalue weighted by Gasteiger charge is -2.20. The third-order valence-electron chi connectivity index (χ3n) is 3.92. The highest BCUT2D eigenvalue weighted by Gasteiger charge is 2.14. The first-order valence-corrected chi connectivity index (χ1v) is 8.73. The standard InChI is InChI=1S/C21H27NO2/c1-4-13-22(14-5-2)16-21(23)20-12-11-19(15-17(20)3)24-18-9-7-6-8-10-18/h6-12,15H,4-5,13-14,16H2,1-3H3. The van der Waals surface area contributed by atoms with Crippen LogP contribution >= 0.6 is 0 Å². The van der Waals surface area contributed by atoms with E-state index >= 15 is 0 Å². The predicted octanol–water partition coefficient (Wildman–Crippen LogP) is 5.09. The first kappa shape index (κ1) is 18.2. The Kier molecular flexibility index (Phi) is 7.01. The molecule has 0 bridgehead atoms. The van der Waals surface area contributed by atoms with Gasteiger partial charge < -0.3 is 4.74 Å². The van der Waals surface area contributed by atoms with Crippen molar-refractivity contribution < 1.29 is 9.53 Å². The molecule has 0 heterocycles. The molecule has 0 unspecified atom stereocenters. The zero-order valence-corrected chi connectivity index (χ0v) is 14.9. The van der Waals surface area contributed by atoms with Gasteiger partial charge in [-0.05, 0) is 68.8 Å². The van der Waals surface area contributed by atoms with Gasteiger partial charge in [0, 0.05) is 5.56 Å². The molecule has 0 aliphatic heterocycles. The summed E-state index contributed by atoms with van der Waals surface area (Å²) in [5, 5.41) is 0. The quantitative estimate of drug-likeness (QED) is 0.601. The Morgan fingerprint density at radius 2 is 1.62 bits per heavy atom. The molecule has 0 amide bonds. The second-order valence-electron chi connectivity index (χ2n) is 6.09. The molecular formula is C21H27NO2. The van der Waals surface area contributed by atoms with Gasteiger partial charge >= 0.3 is 0 Å². The average Bonchev–Trinajstić information content (AvgIpc) is 2.56. The minimum absolute atomic E-state index is 0.181.